The van der Waals surface area contributed by atoms with Crippen LogP contribution in [0.5, 0.6) is 11.5 Å². The Balaban J connectivity index is 2.77. The predicted octanol–water partition coefficient (Wildman–Crippen LogP) is 1.43. The van der Waals surface area contributed by atoms with Gasteiger partial charge >= 0.3 is 0 Å². The number of fused-ring (bicyclic) bond motifs is 1. The van der Waals surface area contributed by atoms with Gasteiger partial charge in [0.2, 0.25) is 5.88 Å². The summed E-state index contributed by atoms with van der Waals surface area (Å²) in [5.74, 6) is 1.42. The summed E-state index contributed by atoms with van der Waals surface area (Å²) in [6.45, 7) is 0. The Morgan fingerprint density at radius 1 is 1.29 bits per heavy atom. The van der Waals surface area contributed by atoms with Gasteiger partial charge in [-0.15, -0.1) is 0 Å². The number of nitrogen functional groups attached to an aromatic ring is 1. The van der Waals surface area contributed by atoms with Gasteiger partial charge in [0.15, 0.2) is 17.0 Å². The Morgan fingerprint density at radius 2 is 2.07 bits per heavy atom. The van der Waals surface area contributed by atoms with E-state index in [9.17, 15) is 0 Å². The standard InChI is InChI=1S/C9H10N2O3/c1-12-6-4-3-5-7(8(6)13-2)11-14-9(5)10/h3-4H,10H2,1-2H3. The van der Waals surface area contributed by atoms with E-state index in [0.717, 1.165) is 5.39 Å². The molecule has 0 bridgehead atoms. The van der Waals surface area contributed by atoms with Crippen LogP contribution in [0.3, 0.4) is 0 Å². The van der Waals surface area contributed by atoms with Gasteiger partial charge in [0.1, 0.15) is 0 Å². The van der Waals surface area contributed by atoms with Gasteiger partial charge < -0.3 is 19.7 Å². The number of nitrogens with two attached hydrogens (primary N) is 1. The number of ether oxygens (including phenoxy) is 2. The summed E-state index contributed by atoms with van der Waals surface area (Å²) in [6.07, 6.45) is 0. The zero-order valence-corrected chi connectivity index (χ0v) is 7.90. The van der Waals surface area contributed by atoms with E-state index >= 15 is 0 Å². The largest absolute Gasteiger partial charge is 0.493 e. The van der Waals surface area contributed by atoms with Crippen molar-refractivity contribution in [2.24, 2.45) is 0 Å². The number of methoxy groups -OCH3 is 2. The van der Waals surface area contributed by atoms with Gasteiger partial charge in [0.25, 0.3) is 0 Å². The van der Waals surface area contributed by atoms with Crippen LogP contribution in [0, 0.1) is 0 Å². The molecular formula is C9H10N2O3. The number of hydrogen-bond acceptors (Lipinski definition) is 5. The molecule has 1 aromatic heterocycles. The Morgan fingerprint density at radius 3 is 2.71 bits per heavy atom. The Hall–Kier alpha value is -1.91. The van der Waals surface area contributed by atoms with Crippen molar-refractivity contribution >= 4 is 16.8 Å². The van der Waals surface area contributed by atoms with Crippen LogP contribution in [-0.4, -0.2) is 19.4 Å². The van der Waals surface area contributed by atoms with Crippen LogP contribution in [0.15, 0.2) is 16.7 Å². The molecule has 0 radical (unpaired) electrons. The highest BCUT2D eigenvalue weighted by molar-refractivity contribution is 5.93. The molecule has 0 spiro atoms. The monoisotopic (exact) mass is 194 g/mol. The predicted molar refractivity (Wildman–Crippen MR) is 51.5 cm³/mol. The number of anilines is 1. The maximum Gasteiger partial charge on any atom is 0.230 e. The van der Waals surface area contributed by atoms with Crippen LogP contribution < -0.4 is 15.2 Å². The average molecular weight is 194 g/mol. The van der Waals surface area contributed by atoms with Crippen LogP contribution >= 0.6 is 0 Å². The van der Waals surface area contributed by atoms with Crippen LogP contribution in [-0.2, 0) is 0 Å². The first-order valence-corrected chi connectivity index (χ1v) is 4.03. The highest BCUT2D eigenvalue weighted by Crippen LogP contribution is 2.36. The molecule has 2 rings (SSSR count). The molecule has 0 saturated heterocycles. The van der Waals surface area contributed by atoms with E-state index in [1.165, 1.54) is 0 Å². The SMILES string of the molecule is COc1ccc2c(N)onc2c1OC. The van der Waals surface area contributed by atoms with Gasteiger partial charge in [-0.3, -0.25) is 0 Å². The summed E-state index contributed by atoms with van der Waals surface area (Å²) in [4.78, 5) is 0. The molecule has 0 aliphatic carbocycles. The highest BCUT2D eigenvalue weighted by Gasteiger charge is 2.14. The molecule has 1 heterocycles. The van der Waals surface area contributed by atoms with Gasteiger partial charge in [0.05, 0.1) is 19.6 Å². The molecule has 2 N–H and O–H groups in total. The fourth-order valence-corrected chi connectivity index (χ4v) is 1.34. The number of nitrogens with zero attached hydrogens (tertiary/aromatic N) is 1. The van der Waals surface area contributed by atoms with Crippen molar-refractivity contribution < 1.29 is 14.0 Å². The normalized spacial score (nSPS) is 10.4. The van der Waals surface area contributed by atoms with Crippen molar-refractivity contribution in [3.63, 3.8) is 0 Å². The van der Waals surface area contributed by atoms with E-state index < -0.39 is 0 Å². The van der Waals surface area contributed by atoms with E-state index in [4.69, 9.17) is 19.7 Å². The first kappa shape index (κ1) is 8.68. The number of rotatable bonds is 2. The second kappa shape index (κ2) is 3.10. The van der Waals surface area contributed by atoms with Crippen LogP contribution in [0.25, 0.3) is 10.9 Å². The molecule has 0 amide bonds. The fraction of sp³-hybridized carbons (Fsp3) is 0.222. The zero-order valence-electron chi connectivity index (χ0n) is 7.90. The van der Waals surface area contributed by atoms with Gasteiger partial charge in [-0.05, 0) is 12.1 Å². The lowest BCUT2D eigenvalue weighted by molar-refractivity contribution is 0.355. The first-order chi connectivity index (χ1) is 6.77. The summed E-state index contributed by atoms with van der Waals surface area (Å²) in [5, 5.41) is 4.52. The molecule has 74 valence electrons. The van der Waals surface area contributed by atoms with Crippen molar-refractivity contribution in [1.29, 1.82) is 0 Å². The molecule has 2 aromatic rings. The molecule has 5 nitrogen and oxygen atoms in total. The minimum atomic E-state index is 0.279. The van der Waals surface area contributed by atoms with E-state index in [2.05, 4.69) is 5.16 Å². The third-order valence-electron chi connectivity index (χ3n) is 2.02. The van der Waals surface area contributed by atoms with Gasteiger partial charge in [-0.2, -0.15) is 0 Å². The maximum atomic E-state index is 5.57. The summed E-state index contributed by atoms with van der Waals surface area (Å²) < 4.78 is 15.1. The summed E-state index contributed by atoms with van der Waals surface area (Å²) in [7, 11) is 3.11. The maximum absolute atomic E-state index is 5.57. The van der Waals surface area contributed by atoms with E-state index in [1.54, 1.807) is 26.4 Å². The highest BCUT2D eigenvalue weighted by atomic mass is 16.5. The topological polar surface area (TPSA) is 70.5 Å². The summed E-state index contributed by atoms with van der Waals surface area (Å²) in [6, 6.07) is 3.54. The lowest BCUT2D eigenvalue weighted by Crippen LogP contribution is -1.91. The molecule has 0 aliphatic rings. The lowest BCUT2D eigenvalue weighted by atomic mass is 10.2. The molecule has 5 heteroatoms. The third-order valence-corrected chi connectivity index (χ3v) is 2.02. The van der Waals surface area contributed by atoms with Gasteiger partial charge in [0, 0.05) is 0 Å². The van der Waals surface area contributed by atoms with Crippen LogP contribution in [0.4, 0.5) is 5.88 Å². The second-order valence-electron chi connectivity index (χ2n) is 2.74. The zero-order chi connectivity index (χ0) is 10.1. The van der Waals surface area contributed by atoms with E-state index in [1.807, 2.05) is 0 Å². The molecule has 0 fully saturated rings. The Bertz CT molecular complexity index is 464. The number of aromatic nitrogens is 1. The number of benzene rings is 1. The summed E-state index contributed by atoms with van der Waals surface area (Å²) in [5.41, 5.74) is 6.14. The van der Waals surface area contributed by atoms with Crippen molar-refractivity contribution in [3.8, 4) is 11.5 Å². The van der Waals surface area contributed by atoms with Crippen LogP contribution in [0.2, 0.25) is 0 Å². The first-order valence-electron chi connectivity index (χ1n) is 4.03. The Kier molecular flexibility index (Phi) is 1.92. The van der Waals surface area contributed by atoms with E-state index in [0.29, 0.717) is 17.0 Å². The number of hydrogen-bond donors (Lipinski definition) is 1. The van der Waals surface area contributed by atoms with Crippen molar-refractivity contribution in [2.45, 2.75) is 0 Å². The average Bonchev–Trinajstić information content (AvgIpc) is 2.59. The molecule has 14 heavy (non-hydrogen) atoms. The molecule has 1 aromatic carbocycles. The third kappa shape index (κ3) is 1.06. The quantitative estimate of drug-likeness (QED) is 0.782. The molecule has 0 unspecified atom stereocenters. The smallest absolute Gasteiger partial charge is 0.230 e. The van der Waals surface area contributed by atoms with Crippen molar-refractivity contribution in [1.82, 2.24) is 5.16 Å². The molecule has 0 atom stereocenters. The minimum Gasteiger partial charge on any atom is -0.493 e. The fourth-order valence-electron chi connectivity index (χ4n) is 1.34. The van der Waals surface area contributed by atoms with Gasteiger partial charge in [-0.1, -0.05) is 5.16 Å². The summed E-state index contributed by atoms with van der Waals surface area (Å²) >= 11 is 0. The minimum absolute atomic E-state index is 0.279. The molecule has 0 aliphatic heterocycles. The van der Waals surface area contributed by atoms with Crippen molar-refractivity contribution in [3.05, 3.63) is 12.1 Å². The molecule has 0 saturated carbocycles. The van der Waals surface area contributed by atoms with Gasteiger partial charge in [-0.25, -0.2) is 0 Å². The molecular weight excluding hydrogens is 184 g/mol. The second-order valence-corrected chi connectivity index (χ2v) is 2.74. The lowest BCUT2D eigenvalue weighted by Gasteiger charge is -2.06. The van der Waals surface area contributed by atoms with Crippen LogP contribution in [0.1, 0.15) is 0 Å². The Labute approximate surface area is 80.4 Å². The van der Waals surface area contributed by atoms with E-state index in [-0.39, 0.29) is 5.88 Å². The van der Waals surface area contributed by atoms with Crippen molar-refractivity contribution in [2.75, 3.05) is 20.0 Å².